The van der Waals surface area contributed by atoms with E-state index in [9.17, 15) is 4.79 Å². The van der Waals surface area contributed by atoms with Gasteiger partial charge in [-0.1, -0.05) is 36.8 Å². The average Bonchev–Trinajstić information content (AvgIpc) is 3.09. The summed E-state index contributed by atoms with van der Waals surface area (Å²) in [4.78, 5) is 21.9. The molecule has 0 saturated carbocycles. The standard InChI is InChI=1S/C20H23ClN4OS/c1-4-7-15(21)8-6-12-25(14-22)20(26)18-13-16-17(24(3)11-5-2)9-10-23-19(16)27-18/h5-10,13-14,22H,2,4,11-12H2,1,3H3/b8-6-,15-7+,22-14?. The van der Waals surface area contributed by atoms with Crippen LogP contribution in [0.2, 0.25) is 0 Å². The third kappa shape index (κ3) is 5.28. The van der Waals surface area contributed by atoms with Gasteiger partial charge >= 0.3 is 0 Å². The monoisotopic (exact) mass is 402 g/mol. The fourth-order valence-electron chi connectivity index (χ4n) is 2.53. The number of amides is 1. The molecule has 0 bridgehead atoms. The lowest BCUT2D eigenvalue weighted by atomic mass is 10.2. The van der Waals surface area contributed by atoms with Crippen LogP contribution in [-0.4, -0.2) is 42.3 Å². The zero-order valence-corrected chi connectivity index (χ0v) is 17.1. The molecule has 0 saturated heterocycles. The summed E-state index contributed by atoms with van der Waals surface area (Å²) in [5.41, 5.74) is 0.994. The molecule has 0 aliphatic rings. The topological polar surface area (TPSA) is 60.3 Å². The van der Waals surface area contributed by atoms with Gasteiger partial charge in [-0.3, -0.25) is 15.1 Å². The predicted molar refractivity (Wildman–Crippen MR) is 116 cm³/mol. The summed E-state index contributed by atoms with van der Waals surface area (Å²) in [7, 11) is 1.97. The molecule has 0 aliphatic carbocycles. The first kappa shape index (κ1) is 20.9. The van der Waals surface area contributed by atoms with E-state index in [2.05, 4.69) is 16.5 Å². The number of aromatic nitrogens is 1. The van der Waals surface area contributed by atoms with Gasteiger partial charge in [-0.25, -0.2) is 4.98 Å². The number of allylic oxidation sites excluding steroid dienone is 3. The molecule has 0 spiro atoms. The maximum atomic E-state index is 12.8. The first-order valence-corrected chi connectivity index (χ1v) is 9.75. The van der Waals surface area contributed by atoms with E-state index in [0.717, 1.165) is 28.7 Å². The SMILES string of the molecule is C=CCN(C)c1ccnc2sc(C(=O)N(C=N)C/C=C\C(Cl)=C/CC)cc12. The Morgan fingerprint density at radius 3 is 2.89 bits per heavy atom. The van der Waals surface area contributed by atoms with Crippen molar-refractivity contribution in [3.63, 3.8) is 0 Å². The molecule has 2 aromatic rings. The van der Waals surface area contributed by atoms with E-state index in [1.165, 1.54) is 16.2 Å². The van der Waals surface area contributed by atoms with Gasteiger partial charge in [0.15, 0.2) is 0 Å². The largest absolute Gasteiger partial charge is 0.370 e. The molecule has 5 nitrogen and oxygen atoms in total. The Hall–Kier alpha value is -2.44. The van der Waals surface area contributed by atoms with Gasteiger partial charge in [0.2, 0.25) is 0 Å². The van der Waals surface area contributed by atoms with Crippen molar-refractivity contribution in [1.29, 1.82) is 5.41 Å². The van der Waals surface area contributed by atoms with Gasteiger partial charge in [0, 0.05) is 42.4 Å². The molecule has 7 heteroatoms. The quantitative estimate of drug-likeness (QED) is 0.276. The van der Waals surface area contributed by atoms with E-state index < -0.39 is 0 Å². The Morgan fingerprint density at radius 1 is 1.44 bits per heavy atom. The van der Waals surface area contributed by atoms with E-state index in [-0.39, 0.29) is 12.5 Å². The van der Waals surface area contributed by atoms with E-state index in [0.29, 0.717) is 16.5 Å². The maximum absolute atomic E-state index is 12.8. The lowest BCUT2D eigenvalue weighted by Gasteiger charge is -2.17. The number of carbonyl (C=O) groups is 1. The van der Waals surface area contributed by atoms with Crippen molar-refractivity contribution in [3.8, 4) is 0 Å². The molecule has 0 atom stereocenters. The molecular formula is C20H23ClN4OS. The number of thiophene rings is 1. The van der Waals surface area contributed by atoms with Crippen LogP contribution < -0.4 is 4.90 Å². The Bertz CT molecular complexity index is 887. The van der Waals surface area contributed by atoms with Gasteiger partial charge < -0.3 is 4.90 Å². The third-order valence-electron chi connectivity index (χ3n) is 3.83. The van der Waals surface area contributed by atoms with E-state index in [1.54, 1.807) is 18.3 Å². The van der Waals surface area contributed by atoms with Crippen molar-refractivity contribution >= 4 is 51.1 Å². The van der Waals surface area contributed by atoms with Crippen LogP contribution in [0.3, 0.4) is 0 Å². The minimum atomic E-state index is -0.231. The van der Waals surface area contributed by atoms with Crippen LogP contribution in [0.4, 0.5) is 5.69 Å². The van der Waals surface area contributed by atoms with Crippen LogP contribution in [0.15, 0.2) is 54.2 Å². The molecule has 0 radical (unpaired) electrons. The minimum absolute atomic E-state index is 0.231. The second-order valence-electron chi connectivity index (χ2n) is 5.81. The zero-order chi connectivity index (χ0) is 19.8. The van der Waals surface area contributed by atoms with Crippen molar-refractivity contribution in [2.75, 3.05) is 25.0 Å². The highest BCUT2D eigenvalue weighted by Gasteiger charge is 2.18. The number of hydrogen-bond acceptors (Lipinski definition) is 5. The summed E-state index contributed by atoms with van der Waals surface area (Å²) in [6.07, 6.45) is 10.8. The van der Waals surface area contributed by atoms with Gasteiger partial charge in [-0.2, -0.15) is 0 Å². The molecule has 2 heterocycles. The number of carbonyl (C=O) groups excluding carboxylic acids is 1. The van der Waals surface area contributed by atoms with Gasteiger partial charge in [0.25, 0.3) is 5.91 Å². The molecule has 0 unspecified atom stereocenters. The van der Waals surface area contributed by atoms with Crippen LogP contribution >= 0.6 is 22.9 Å². The fraction of sp³-hybridized carbons (Fsp3) is 0.250. The first-order valence-electron chi connectivity index (χ1n) is 8.56. The molecular weight excluding hydrogens is 380 g/mol. The van der Waals surface area contributed by atoms with E-state index >= 15 is 0 Å². The Kier molecular flexibility index (Phi) is 7.76. The normalized spacial score (nSPS) is 11.7. The molecule has 0 aliphatic heterocycles. The molecule has 142 valence electrons. The number of anilines is 1. The Balaban J connectivity index is 2.25. The van der Waals surface area contributed by atoms with Crippen molar-refractivity contribution in [1.82, 2.24) is 9.88 Å². The fourth-order valence-corrected chi connectivity index (χ4v) is 3.75. The van der Waals surface area contributed by atoms with Crippen molar-refractivity contribution in [2.45, 2.75) is 13.3 Å². The summed E-state index contributed by atoms with van der Waals surface area (Å²) in [6, 6.07) is 3.76. The summed E-state index contributed by atoms with van der Waals surface area (Å²) < 4.78 is 0. The highest BCUT2D eigenvalue weighted by molar-refractivity contribution is 7.20. The van der Waals surface area contributed by atoms with Gasteiger partial charge in [0.05, 0.1) is 11.2 Å². The lowest BCUT2D eigenvalue weighted by molar-refractivity contribution is 0.0867. The summed E-state index contributed by atoms with van der Waals surface area (Å²) in [5.74, 6) is -0.231. The minimum Gasteiger partial charge on any atom is -0.370 e. The van der Waals surface area contributed by atoms with Crippen LogP contribution in [0.5, 0.6) is 0 Å². The Morgan fingerprint density at radius 2 is 2.22 bits per heavy atom. The van der Waals surface area contributed by atoms with Crippen LogP contribution in [0, 0.1) is 5.41 Å². The molecule has 2 aromatic heterocycles. The highest BCUT2D eigenvalue weighted by atomic mass is 35.5. The number of hydrogen-bond donors (Lipinski definition) is 1. The highest BCUT2D eigenvalue weighted by Crippen LogP contribution is 2.32. The third-order valence-corrected chi connectivity index (χ3v) is 5.14. The number of nitrogens with one attached hydrogen (secondary N) is 1. The molecule has 27 heavy (non-hydrogen) atoms. The van der Waals surface area contributed by atoms with E-state index in [4.69, 9.17) is 17.0 Å². The Labute approximate surface area is 168 Å². The number of likely N-dealkylation sites (N-methyl/N-ethyl adjacent to an activating group) is 1. The molecule has 1 amide bonds. The molecule has 0 aromatic carbocycles. The van der Waals surface area contributed by atoms with Gasteiger partial charge in [-0.05, 0) is 24.6 Å². The molecule has 0 fully saturated rings. The average molecular weight is 403 g/mol. The second kappa shape index (κ2) is 10.0. The van der Waals surface area contributed by atoms with Crippen molar-refractivity contribution in [2.24, 2.45) is 0 Å². The van der Waals surface area contributed by atoms with Crippen LogP contribution in [-0.2, 0) is 0 Å². The summed E-state index contributed by atoms with van der Waals surface area (Å²) in [5, 5.41) is 9.12. The van der Waals surface area contributed by atoms with Crippen LogP contribution in [0.25, 0.3) is 10.2 Å². The summed E-state index contributed by atoms with van der Waals surface area (Å²) in [6.45, 7) is 6.74. The smallest absolute Gasteiger partial charge is 0.269 e. The maximum Gasteiger partial charge on any atom is 0.269 e. The van der Waals surface area contributed by atoms with Gasteiger partial charge in [-0.15, -0.1) is 17.9 Å². The number of halogens is 1. The predicted octanol–water partition coefficient (Wildman–Crippen LogP) is 5.06. The number of rotatable bonds is 9. The van der Waals surface area contributed by atoms with Crippen molar-refractivity contribution < 1.29 is 4.79 Å². The van der Waals surface area contributed by atoms with Gasteiger partial charge in [0.1, 0.15) is 4.83 Å². The number of fused-ring (bicyclic) bond motifs is 1. The number of pyridine rings is 1. The number of nitrogens with zero attached hydrogens (tertiary/aromatic N) is 3. The van der Waals surface area contributed by atoms with Crippen LogP contribution in [0.1, 0.15) is 23.0 Å². The first-order chi connectivity index (χ1) is 13.0. The van der Waals surface area contributed by atoms with Crippen molar-refractivity contribution in [3.05, 3.63) is 59.1 Å². The van der Waals surface area contributed by atoms with E-state index in [1.807, 2.05) is 38.3 Å². The molecule has 2 rings (SSSR count). The summed E-state index contributed by atoms with van der Waals surface area (Å²) >= 11 is 7.35. The molecule has 1 N–H and O–H groups in total. The second-order valence-corrected chi connectivity index (χ2v) is 7.28. The zero-order valence-electron chi connectivity index (χ0n) is 15.5. The lowest BCUT2D eigenvalue weighted by Crippen LogP contribution is -2.28.